The Kier molecular flexibility index (Phi) is 37.0. The van der Waals surface area contributed by atoms with Crippen LogP contribution in [-0.2, 0) is 75.9 Å². The van der Waals surface area contributed by atoms with Gasteiger partial charge in [-0.2, -0.15) is 0 Å². The molecular formula is DyO9Ta3. The number of hydrogen-bond acceptors (Lipinski definition) is 9. The first-order valence-electron chi connectivity index (χ1n) is 1.64. The number of hydrogen-bond donors (Lipinski definition) is 0. The minimum atomic E-state index is -4.34. The predicted molar refractivity (Wildman–Crippen MR) is 4.12 cm³/mol. The molecule has 0 saturated heterocycles. The first-order valence-corrected chi connectivity index (χ1v) is 13.4. The van der Waals surface area contributed by atoms with Crippen molar-refractivity contribution in [1.82, 2.24) is 0 Å². The topological polar surface area (TPSA) is 172 Å². The Morgan fingerprint density at radius 3 is 0.538 bits per heavy atom. The van der Waals surface area contributed by atoms with Crippen LogP contribution in [0.25, 0.3) is 0 Å². The summed E-state index contributed by atoms with van der Waals surface area (Å²) in [5.41, 5.74) is 0. The molecule has 0 saturated carbocycles. The predicted octanol–water partition coefficient (Wildman–Crippen LogP) is -4.29. The molecule has 13 heavy (non-hydrogen) atoms. The maximum atomic E-state index is 8.62. The zero-order valence-corrected chi connectivity index (χ0v) is 17.0. The summed E-state index contributed by atoms with van der Waals surface area (Å²) in [6, 6.07) is 0. The van der Waals surface area contributed by atoms with Crippen LogP contribution in [0, 0.1) is 38.2 Å². The van der Waals surface area contributed by atoms with Crippen LogP contribution in [0.2, 0.25) is 0 Å². The molecule has 1 radical (unpaired) electrons. The van der Waals surface area contributed by atoms with Gasteiger partial charge in [0, 0.05) is 0 Å². The Morgan fingerprint density at radius 2 is 0.538 bits per heavy atom. The van der Waals surface area contributed by atoms with Crippen molar-refractivity contribution in [3.63, 3.8) is 0 Å². The van der Waals surface area contributed by atoms with Gasteiger partial charge in [-0.05, 0) is 0 Å². The van der Waals surface area contributed by atoms with Crippen molar-refractivity contribution < 1.29 is 125 Å². The molecule has 0 N–H and O–H groups in total. The third-order valence-electron chi connectivity index (χ3n) is 0. The molecule has 0 rings (SSSR count). The average molecular weight is 849 g/mol. The Morgan fingerprint density at radius 1 is 0.538 bits per heavy atom. The van der Waals surface area contributed by atoms with Crippen molar-refractivity contribution in [3.8, 4) is 0 Å². The van der Waals surface area contributed by atoms with E-state index in [-0.39, 0.29) is 38.2 Å². The third kappa shape index (κ3) is 445. The Labute approximate surface area is 122 Å². The molecule has 0 atom stereocenters. The van der Waals surface area contributed by atoms with E-state index in [1.54, 1.807) is 0 Å². The van der Waals surface area contributed by atoms with Crippen molar-refractivity contribution in [1.29, 1.82) is 0 Å². The second kappa shape index (κ2) is 19.7. The van der Waals surface area contributed by atoms with Gasteiger partial charge in [0.2, 0.25) is 0 Å². The minimum absolute atomic E-state index is 0. The second-order valence-corrected chi connectivity index (χ2v) is 5.49. The Balaban J connectivity index is -0.0000000450. The summed E-state index contributed by atoms with van der Waals surface area (Å²) in [6.45, 7) is 0. The van der Waals surface area contributed by atoms with Crippen LogP contribution in [0.5, 0.6) is 0 Å². The van der Waals surface area contributed by atoms with E-state index in [0.29, 0.717) is 0 Å². The van der Waals surface area contributed by atoms with Gasteiger partial charge in [-0.3, -0.25) is 0 Å². The van der Waals surface area contributed by atoms with E-state index < -0.39 is 56.4 Å². The van der Waals surface area contributed by atoms with Gasteiger partial charge >= 0.3 is 125 Å². The second-order valence-electron chi connectivity index (χ2n) is 0.671. The van der Waals surface area contributed by atoms with Gasteiger partial charge in [0.05, 0.1) is 0 Å². The van der Waals surface area contributed by atoms with Crippen LogP contribution >= 0.6 is 0 Å². The van der Waals surface area contributed by atoms with Crippen LogP contribution in [0.1, 0.15) is 0 Å². The summed E-state index contributed by atoms with van der Waals surface area (Å²) < 4.78 is 77.6. The van der Waals surface area contributed by atoms with Crippen molar-refractivity contribution in [2.75, 3.05) is 0 Å². The molecular weight excluding hydrogens is 849 g/mol. The van der Waals surface area contributed by atoms with E-state index in [0.717, 1.165) is 0 Å². The standard InChI is InChI=1S/Dy.9O.3Ta/q+3;;;;;;;3*-1;;;. The van der Waals surface area contributed by atoms with Crippen molar-refractivity contribution >= 4 is 0 Å². The molecule has 0 aliphatic carbocycles. The van der Waals surface area contributed by atoms with Gasteiger partial charge < -0.3 is 0 Å². The molecule has 0 heterocycles. The van der Waals surface area contributed by atoms with Crippen LogP contribution in [0.3, 0.4) is 0 Å². The summed E-state index contributed by atoms with van der Waals surface area (Å²) in [6.07, 6.45) is 0. The van der Waals surface area contributed by atoms with Gasteiger partial charge in [0.25, 0.3) is 0 Å². The van der Waals surface area contributed by atoms with Crippen LogP contribution in [0.15, 0.2) is 0 Å². The van der Waals surface area contributed by atoms with Crippen molar-refractivity contribution in [3.05, 3.63) is 0 Å². The molecule has 0 spiro atoms. The normalized spacial score (nSPS) is 5.77. The monoisotopic (exact) mass is 851 g/mol. The first kappa shape index (κ1) is 24.4. The van der Waals surface area contributed by atoms with Gasteiger partial charge in [-0.15, -0.1) is 0 Å². The summed E-state index contributed by atoms with van der Waals surface area (Å²) >= 11 is -13.0. The van der Waals surface area contributed by atoms with E-state index in [2.05, 4.69) is 0 Å². The van der Waals surface area contributed by atoms with Crippen LogP contribution in [-0.4, -0.2) is 0 Å². The molecule has 0 aromatic carbocycles. The third-order valence-corrected chi connectivity index (χ3v) is 0. The van der Waals surface area contributed by atoms with E-state index in [4.69, 9.17) is 30.3 Å². The zero-order valence-electron chi connectivity index (χ0n) is 5.33. The zero-order chi connectivity index (χ0) is 10.7. The molecule has 79 valence electrons. The molecule has 9 nitrogen and oxygen atoms in total. The summed E-state index contributed by atoms with van der Waals surface area (Å²) in [5.74, 6) is 0. The SMILES string of the molecule is [Dy+3].[O]=[Ta](=[O])[O-].[O]=[Ta](=[O])[O-].[O]=[Ta](=[O])[O-]. The summed E-state index contributed by atoms with van der Waals surface area (Å²) in [7, 11) is 0. The maximum absolute atomic E-state index is 8.62. The van der Waals surface area contributed by atoms with E-state index in [9.17, 15) is 0 Å². The molecule has 13 heteroatoms. The van der Waals surface area contributed by atoms with E-state index in [1.807, 2.05) is 0 Å². The molecule has 0 fully saturated rings. The van der Waals surface area contributed by atoms with Gasteiger partial charge in [0.1, 0.15) is 0 Å². The Bertz CT molecular complexity index is 208. The quantitative estimate of drug-likeness (QED) is 0.234. The Hall–Kier alpha value is 2.17. The molecule has 0 unspecified atom stereocenters. The molecule has 0 aliphatic rings. The van der Waals surface area contributed by atoms with Gasteiger partial charge in [-0.1, -0.05) is 0 Å². The molecule has 0 amide bonds. The van der Waals surface area contributed by atoms with E-state index >= 15 is 0 Å². The van der Waals surface area contributed by atoms with Crippen LogP contribution < -0.4 is 10.8 Å². The average Bonchev–Trinajstić information content (AvgIpc) is 1.54. The van der Waals surface area contributed by atoms with E-state index in [1.165, 1.54) is 0 Å². The molecule has 0 aromatic rings. The fourth-order valence-corrected chi connectivity index (χ4v) is 0. The molecule has 0 aromatic heterocycles. The van der Waals surface area contributed by atoms with Crippen molar-refractivity contribution in [2.24, 2.45) is 0 Å². The van der Waals surface area contributed by atoms with Gasteiger partial charge in [0.15, 0.2) is 0 Å². The fourth-order valence-electron chi connectivity index (χ4n) is 0. The van der Waals surface area contributed by atoms with Gasteiger partial charge in [-0.25, -0.2) is 0 Å². The fraction of sp³-hybridized carbons (Fsp3) is 0. The summed E-state index contributed by atoms with van der Waals surface area (Å²) in [4.78, 5) is 0. The first-order chi connectivity index (χ1) is 5.20. The van der Waals surface area contributed by atoms with Crippen LogP contribution in [0.4, 0.5) is 0 Å². The molecule has 0 aliphatic heterocycles. The van der Waals surface area contributed by atoms with Crippen molar-refractivity contribution in [2.45, 2.75) is 0 Å². The number of rotatable bonds is 0. The molecule has 0 bridgehead atoms. The summed E-state index contributed by atoms with van der Waals surface area (Å²) in [5, 5.41) is 0.